The molecule has 1 aliphatic carbocycles. The smallest absolute Gasteiger partial charge is 0.246 e. The molecule has 2 aliphatic heterocycles. The van der Waals surface area contributed by atoms with E-state index in [1.165, 1.54) is 18.4 Å². The first-order chi connectivity index (χ1) is 17.7. The lowest BCUT2D eigenvalue weighted by atomic mass is 9.85. The van der Waals surface area contributed by atoms with Gasteiger partial charge in [0.2, 0.25) is 11.8 Å². The molecule has 6 nitrogen and oxygen atoms in total. The van der Waals surface area contributed by atoms with Crippen LogP contribution in [-0.4, -0.2) is 52.3 Å². The lowest BCUT2D eigenvalue weighted by molar-refractivity contribution is -0.158. The van der Waals surface area contributed by atoms with Crippen LogP contribution in [0.4, 0.5) is 0 Å². The third-order valence-corrected chi connectivity index (χ3v) is 7.94. The summed E-state index contributed by atoms with van der Waals surface area (Å²) in [5.41, 5.74) is 5.48. The van der Waals surface area contributed by atoms with Gasteiger partial charge in [-0.15, -0.1) is 0 Å². The van der Waals surface area contributed by atoms with E-state index < -0.39 is 12.1 Å². The summed E-state index contributed by atoms with van der Waals surface area (Å²) in [5, 5.41) is 1.12. The maximum atomic E-state index is 13.9. The number of H-pyrrole nitrogens is 1. The number of ether oxygens (including phenoxy) is 1. The van der Waals surface area contributed by atoms with E-state index in [1.54, 1.807) is 4.90 Å². The Morgan fingerprint density at radius 1 is 1.06 bits per heavy atom. The van der Waals surface area contributed by atoms with E-state index >= 15 is 0 Å². The second-order valence-electron chi connectivity index (χ2n) is 10.1. The number of nitrogens with zero attached hydrogens (tertiary/aromatic N) is 2. The van der Waals surface area contributed by atoms with Crippen LogP contribution in [0.1, 0.15) is 61.9 Å². The molecule has 1 N–H and O–H groups in total. The largest absolute Gasteiger partial charge is 0.494 e. The van der Waals surface area contributed by atoms with Crippen LogP contribution in [0.5, 0.6) is 5.75 Å². The predicted octanol–water partition coefficient (Wildman–Crippen LogP) is 5.14. The summed E-state index contributed by atoms with van der Waals surface area (Å²) in [6.07, 6.45) is 8.42. The topological polar surface area (TPSA) is 65.6 Å². The zero-order chi connectivity index (χ0) is 24.6. The maximum Gasteiger partial charge on any atom is 0.246 e. The van der Waals surface area contributed by atoms with E-state index in [2.05, 4.69) is 23.2 Å². The molecule has 6 rings (SSSR count). The first-order valence-electron chi connectivity index (χ1n) is 13.2. The Labute approximate surface area is 211 Å². The third kappa shape index (κ3) is 3.89. The first-order valence-corrected chi connectivity index (χ1v) is 13.2. The summed E-state index contributed by atoms with van der Waals surface area (Å²) in [6, 6.07) is 15.2. The van der Waals surface area contributed by atoms with Crippen molar-refractivity contribution >= 4 is 22.7 Å². The first kappa shape index (κ1) is 22.9. The monoisotopic (exact) mass is 483 g/mol. The number of amides is 2. The van der Waals surface area contributed by atoms with Gasteiger partial charge in [-0.25, -0.2) is 0 Å². The van der Waals surface area contributed by atoms with Crippen molar-refractivity contribution in [2.45, 2.75) is 57.5 Å². The zero-order valence-electron chi connectivity index (χ0n) is 20.8. The number of piperazine rings is 1. The Morgan fingerprint density at radius 2 is 1.89 bits per heavy atom. The van der Waals surface area contributed by atoms with Crippen molar-refractivity contribution in [3.05, 3.63) is 77.0 Å². The fourth-order valence-electron chi connectivity index (χ4n) is 6.24. The highest BCUT2D eigenvalue weighted by atomic mass is 16.5. The quantitative estimate of drug-likeness (QED) is 0.494. The summed E-state index contributed by atoms with van der Waals surface area (Å²) in [7, 11) is 0. The van der Waals surface area contributed by atoms with Crippen LogP contribution in [0.3, 0.4) is 0 Å². The molecule has 36 heavy (non-hydrogen) atoms. The van der Waals surface area contributed by atoms with Crippen molar-refractivity contribution in [3.8, 4) is 5.75 Å². The molecule has 2 atom stereocenters. The number of allylic oxidation sites excluding steroid dienone is 1. The van der Waals surface area contributed by atoms with Gasteiger partial charge in [-0.1, -0.05) is 48.0 Å². The summed E-state index contributed by atoms with van der Waals surface area (Å²) in [6.45, 7) is 3.24. The minimum absolute atomic E-state index is 0.00201. The number of rotatable bonds is 6. The number of benzene rings is 2. The molecular formula is C30H33N3O3. The predicted molar refractivity (Wildman–Crippen MR) is 140 cm³/mol. The van der Waals surface area contributed by atoms with E-state index in [9.17, 15) is 9.59 Å². The maximum absolute atomic E-state index is 13.9. The Balaban J connectivity index is 1.41. The van der Waals surface area contributed by atoms with Gasteiger partial charge in [-0.3, -0.25) is 9.59 Å². The summed E-state index contributed by atoms with van der Waals surface area (Å²) >= 11 is 0. The van der Waals surface area contributed by atoms with Gasteiger partial charge in [0.1, 0.15) is 17.8 Å². The van der Waals surface area contributed by atoms with Gasteiger partial charge in [-0.2, -0.15) is 0 Å². The molecule has 0 saturated carbocycles. The molecule has 1 fully saturated rings. The molecule has 2 unspecified atom stereocenters. The average Bonchev–Trinajstić information content (AvgIpc) is 3.28. The summed E-state index contributed by atoms with van der Waals surface area (Å²) < 4.78 is 5.99. The Hall–Kier alpha value is -3.54. The van der Waals surface area contributed by atoms with Crippen molar-refractivity contribution in [1.82, 2.24) is 14.8 Å². The van der Waals surface area contributed by atoms with Gasteiger partial charge in [0.15, 0.2) is 0 Å². The fraction of sp³-hybridized carbons (Fsp3) is 0.400. The second-order valence-corrected chi connectivity index (χ2v) is 10.1. The Kier molecular flexibility index (Phi) is 6.04. The summed E-state index contributed by atoms with van der Waals surface area (Å²) in [4.78, 5) is 34.9. The number of carbonyl (C=O) groups excluding carboxylic acids is 2. The van der Waals surface area contributed by atoms with Crippen molar-refractivity contribution in [1.29, 1.82) is 0 Å². The standard InChI is InChI=1S/C30H33N3O3/c1-2-36-26-15-9-7-13-22(26)29-28-23(21-12-6-8-14-24(21)31-28)18-25-30(35)32(19-27(34)33(25)29)17-16-20-10-4-3-5-11-20/h6-10,12-15,25,29,31H,2-5,11,16-19H2,1H3. The minimum atomic E-state index is -0.516. The highest BCUT2D eigenvalue weighted by molar-refractivity contribution is 5.97. The molecule has 3 aliphatic rings. The van der Waals surface area contributed by atoms with E-state index in [0.717, 1.165) is 52.7 Å². The van der Waals surface area contributed by atoms with Crippen molar-refractivity contribution in [2.24, 2.45) is 0 Å². The van der Waals surface area contributed by atoms with Crippen molar-refractivity contribution < 1.29 is 14.3 Å². The number of para-hydroxylation sites is 2. The average molecular weight is 484 g/mol. The highest BCUT2D eigenvalue weighted by Crippen LogP contribution is 2.45. The number of fused-ring (bicyclic) bond motifs is 4. The molecule has 2 amide bonds. The second kappa shape index (κ2) is 9.49. The van der Waals surface area contributed by atoms with Crippen LogP contribution in [0.15, 0.2) is 60.2 Å². The number of nitrogens with one attached hydrogen (secondary N) is 1. The molecule has 1 saturated heterocycles. The van der Waals surface area contributed by atoms with Gasteiger partial charge >= 0.3 is 0 Å². The Bertz CT molecular complexity index is 1340. The zero-order valence-corrected chi connectivity index (χ0v) is 20.8. The van der Waals surface area contributed by atoms with E-state index in [1.807, 2.05) is 48.2 Å². The van der Waals surface area contributed by atoms with Crippen molar-refractivity contribution in [3.63, 3.8) is 0 Å². The van der Waals surface area contributed by atoms with Crippen LogP contribution >= 0.6 is 0 Å². The van der Waals surface area contributed by atoms with Gasteiger partial charge in [-0.05, 0) is 56.7 Å². The molecule has 2 aromatic carbocycles. The van der Waals surface area contributed by atoms with Gasteiger partial charge in [0.25, 0.3) is 0 Å². The van der Waals surface area contributed by atoms with Crippen LogP contribution in [0.25, 0.3) is 10.9 Å². The molecule has 186 valence electrons. The van der Waals surface area contributed by atoms with Crippen LogP contribution in [0, 0.1) is 0 Å². The van der Waals surface area contributed by atoms with E-state index in [4.69, 9.17) is 4.74 Å². The molecule has 0 spiro atoms. The molecular weight excluding hydrogens is 450 g/mol. The minimum Gasteiger partial charge on any atom is -0.494 e. The number of aromatic amines is 1. The van der Waals surface area contributed by atoms with Crippen LogP contribution in [-0.2, 0) is 16.0 Å². The van der Waals surface area contributed by atoms with Crippen LogP contribution in [0.2, 0.25) is 0 Å². The summed E-state index contributed by atoms with van der Waals surface area (Å²) in [5.74, 6) is 0.806. The number of hydrogen-bond donors (Lipinski definition) is 1. The molecule has 6 heteroatoms. The van der Waals surface area contributed by atoms with Gasteiger partial charge in [0.05, 0.1) is 13.2 Å². The lowest BCUT2D eigenvalue weighted by Crippen LogP contribution is -2.63. The highest BCUT2D eigenvalue weighted by Gasteiger charge is 2.48. The van der Waals surface area contributed by atoms with Gasteiger partial charge in [0, 0.05) is 35.1 Å². The van der Waals surface area contributed by atoms with Crippen LogP contribution < -0.4 is 4.74 Å². The van der Waals surface area contributed by atoms with E-state index in [-0.39, 0.29) is 18.4 Å². The number of aromatic nitrogens is 1. The molecule has 3 heterocycles. The van der Waals surface area contributed by atoms with Gasteiger partial charge < -0.3 is 19.5 Å². The lowest BCUT2D eigenvalue weighted by Gasteiger charge is -2.47. The third-order valence-electron chi connectivity index (χ3n) is 7.94. The number of carbonyl (C=O) groups is 2. The molecule has 1 aromatic heterocycles. The Morgan fingerprint density at radius 3 is 2.72 bits per heavy atom. The molecule has 0 radical (unpaired) electrons. The molecule has 3 aromatic rings. The van der Waals surface area contributed by atoms with Crippen molar-refractivity contribution in [2.75, 3.05) is 19.7 Å². The fourth-order valence-corrected chi connectivity index (χ4v) is 6.24. The molecule has 0 bridgehead atoms. The normalized spacial score (nSPS) is 21.9. The van der Waals surface area contributed by atoms with E-state index in [0.29, 0.717) is 19.6 Å². The number of hydrogen-bond acceptors (Lipinski definition) is 3. The SMILES string of the molecule is CCOc1ccccc1C1c2[nH]c3ccccc3c2CC2C(=O)N(CCC3=CCCCC3)CC(=O)N21.